The normalized spacial score (nSPS) is 27.2. The highest BCUT2D eigenvalue weighted by Crippen LogP contribution is 2.25. The largest absolute Gasteiger partial charge is 0.307 e. The Morgan fingerprint density at radius 1 is 1.62 bits per heavy atom. The third-order valence-electron chi connectivity index (χ3n) is 2.18. The van der Waals surface area contributed by atoms with Crippen LogP contribution in [0.1, 0.15) is 18.7 Å². The van der Waals surface area contributed by atoms with Crippen LogP contribution in [0.4, 0.5) is 0 Å². The SMILES string of the molecule is Cn1nnc(CNC2CC(Cl)C2)n1. The summed E-state index contributed by atoms with van der Waals surface area (Å²) < 4.78 is 0. The molecule has 13 heavy (non-hydrogen) atoms. The molecule has 0 bridgehead atoms. The van der Waals surface area contributed by atoms with Gasteiger partial charge in [-0.1, -0.05) is 0 Å². The first-order valence-electron chi connectivity index (χ1n) is 4.34. The van der Waals surface area contributed by atoms with Gasteiger partial charge in [-0.2, -0.15) is 4.80 Å². The van der Waals surface area contributed by atoms with Gasteiger partial charge in [-0.25, -0.2) is 0 Å². The Labute approximate surface area is 81.5 Å². The number of alkyl halides is 1. The lowest BCUT2D eigenvalue weighted by Gasteiger charge is -2.31. The van der Waals surface area contributed by atoms with Crippen molar-refractivity contribution in [1.29, 1.82) is 0 Å². The number of aryl methyl sites for hydroxylation is 1. The van der Waals surface area contributed by atoms with E-state index in [1.54, 1.807) is 7.05 Å². The summed E-state index contributed by atoms with van der Waals surface area (Å²) in [4.78, 5) is 1.46. The van der Waals surface area contributed by atoms with Crippen molar-refractivity contribution in [2.75, 3.05) is 0 Å². The second kappa shape index (κ2) is 3.59. The lowest BCUT2D eigenvalue weighted by atomic mass is 9.92. The highest BCUT2D eigenvalue weighted by atomic mass is 35.5. The Kier molecular flexibility index (Phi) is 2.46. The summed E-state index contributed by atoms with van der Waals surface area (Å²) in [5, 5.41) is 15.3. The summed E-state index contributed by atoms with van der Waals surface area (Å²) in [5.74, 6) is 0.737. The van der Waals surface area contributed by atoms with Crippen molar-refractivity contribution in [3.05, 3.63) is 5.82 Å². The molecule has 0 amide bonds. The second-order valence-corrected chi connectivity index (χ2v) is 3.96. The smallest absolute Gasteiger partial charge is 0.188 e. The molecular formula is C7H12ClN5. The van der Waals surface area contributed by atoms with Crippen molar-refractivity contribution in [3.63, 3.8) is 0 Å². The zero-order valence-electron chi connectivity index (χ0n) is 7.44. The first-order chi connectivity index (χ1) is 6.24. The molecule has 5 nitrogen and oxygen atoms in total. The van der Waals surface area contributed by atoms with Crippen LogP contribution in [0.15, 0.2) is 0 Å². The van der Waals surface area contributed by atoms with E-state index in [-0.39, 0.29) is 0 Å². The van der Waals surface area contributed by atoms with E-state index in [0.717, 1.165) is 18.7 Å². The number of aromatic nitrogens is 4. The van der Waals surface area contributed by atoms with Gasteiger partial charge in [0.25, 0.3) is 0 Å². The summed E-state index contributed by atoms with van der Waals surface area (Å²) in [6.45, 7) is 0.683. The van der Waals surface area contributed by atoms with Gasteiger partial charge in [-0.05, 0) is 18.1 Å². The van der Waals surface area contributed by atoms with Gasteiger partial charge in [-0.15, -0.1) is 21.8 Å². The average molecular weight is 202 g/mol. The third-order valence-corrected chi connectivity index (χ3v) is 2.54. The van der Waals surface area contributed by atoms with Crippen LogP contribution in [-0.2, 0) is 13.6 Å². The predicted octanol–water partition coefficient (Wildman–Crippen LogP) is 0.0695. The second-order valence-electron chi connectivity index (χ2n) is 3.34. The molecule has 1 aromatic rings. The van der Waals surface area contributed by atoms with Crippen LogP contribution in [0.3, 0.4) is 0 Å². The van der Waals surface area contributed by atoms with Crippen molar-refractivity contribution in [1.82, 2.24) is 25.5 Å². The molecule has 1 heterocycles. The molecule has 1 saturated carbocycles. The molecule has 72 valence electrons. The third kappa shape index (κ3) is 2.16. The fourth-order valence-electron chi connectivity index (χ4n) is 1.34. The van der Waals surface area contributed by atoms with E-state index in [9.17, 15) is 0 Å². The summed E-state index contributed by atoms with van der Waals surface area (Å²) in [7, 11) is 1.76. The number of tetrazole rings is 1. The minimum absolute atomic E-state index is 0.354. The zero-order chi connectivity index (χ0) is 9.26. The Hall–Kier alpha value is -0.680. The van der Waals surface area contributed by atoms with E-state index in [2.05, 4.69) is 20.7 Å². The first kappa shape index (κ1) is 8.90. The average Bonchev–Trinajstić information content (AvgIpc) is 2.43. The topological polar surface area (TPSA) is 55.6 Å². The Morgan fingerprint density at radius 3 is 2.92 bits per heavy atom. The van der Waals surface area contributed by atoms with Gasteiger partial charge >= 0.3 is 0 Å². The van der Waals surface area contributed by atoms with Crippen LogP contribution in [-0.4, -0.2) is 31.6 Å². The number of halogens is 1. The molecule has 0 aliphatic heterocycles. The fourth-order valence-corrected chi connectivity index (χ4v) is 1.77. The van der Waals surface area contributed by atoms with Gasteiger partial charge in [0.15, 0.2) is 5.82 Å². The van der Waals surface area contributed by atoms with E-state index < -0.39 is 0 Å². The summed E-state index contributed by atoms with van der Waals surface area (Å²) >= 11 is 5.84. The molecule has 1 aliphatic rings. The molecule has 1 fully saturated rings. The molecule has 1 aliphatic carbocycles. The highest BCUT2D eigenvalue weighted by Gasteiger charge is 2.26. The molecule has 1 N–H and O–H groups in total. The predicted molar refractivity (Wildman–Crippen MR) is 48.3 cm³/mol. The van der Waals surface area contributed by atoms with E-state index in [4.69, 9.17) is 11.6 Å². The van der Waals surface area contributed by atoms with Gasteiger partial charge in [-0.3, -0.25) is 0 Å². The minimum Gasteiger partial charge on any atom is -0.307 e. The molecular weight excluding hydrogens is 190 g/mol. The number of nitrogens with one attached hydrogen (secondary N) is 1. The van der Waals surface area contributed by atoms with E-state index in [0.29, 0.717) is 18.0 Å². The van der Waals surface area contributed by atoms with Gasteiger partial charge in [0.05, 0.1) is 13.6 Å². The molecule has 0 spiro atoms. The fraction of sp³-hybridized carbons (Fsp3) is 0.857. The minimum atomic E-state index is 0.354. The Morgan fingerprint density at radius 2 is 2.38 bits per heavy atom. The molecule has 0 atom stereocenters. The quantitative estimate of drug-likeness (QED) is 0.704. The van der Waals surface area contributed by atoms with Crippen molar-refractivity contribution in [2.24, 2.45) is 7.05 Å². The molecule has 0 saturated heterocycles. The van der Waals surface area contributed by atoms with Crippen LogP contribution < -0.4 is 5.32 Å². The maximum atomic E-state index is 5.84. The lowest BCUT2D eigenvalue weighted by molar-refractivity contribution is 0.342. The number of nitrogens with zero attached hydrogens (tertiary/aromatic N) is 4. The Balaban J connectivity index is 1.74. The Bertz CT molecular complexity index is 280. The van der Waals surface area contributed by atoms with Crippen LogP contribution in [0.25, 0.3) is 0 Å². The summed E-state index contributed by atoms with van der Waals surface area (Å²) in [6, 6.07) is 0.534. The molecule has 6 heteroatoms. The maximum Gasteiger partial charge on any atom is 0.188 e. The van der Waals surface area contributed by atoms with E-state index in [1.807, 2.05) is 0 Å². The lowest BCUT2D eigenvalue weighted by Crippen LogP contribution is -2.41. The van der Waals surface area contributed by atoms with Crippen LogP contribution >= 0.6 is 11.6 Å². The molecule has 2 rings (SSSR count). The zero-order valence-corrected chi connectivity index (χ0v) is 8.20. The van der Waals surface area contributed by atoms with Crippen molar-refractivity contribution >= 4 is 11.6 Å². The van der Waals surface area contributed by atoms with Gasteiger partial charge in [0.2, 0.25) is 0 Å². The number of hydrogen-bond acceptors (Lipinski definition) is 4. The standard InChI is InChI=1S/C7H12ClN5/c1-13-11-7(10-12-13)4-9-6-2-5(8)3-6/h5-6,9H,2-4H2,1H3. The van der Waals surface area contributed by atoms with Crippen molar-refractivity contribution < 1.29 is 0 Å². The molecule has 0 unspecified atom stereocenters. The highest BCUT2D eigenvalue weighted by molar-refractivity contribution is 6.21. The number of hydrogen-bond donors (Lipinski definition) is 1. The van der Waals surface area contributed by atoms with Gasteiger partial charge < -0.3 is 5.32 Å². The van der Waals surface area contributed by atoms with Crippen LogP contribution in [0, 0.1) is 0 Å². The van der Waals surface area contributed by atoms with Crippen LogP contribution in [0.2, 0.25) is 0 Å². The van der Waals surface area contributed by atoms with Crippen molar-refractivity contribution in [3.8, 4) is 0 Å². The van der Waals surface area contributed by atoms with Gasteiger partial charge in [0, 0.05) is 11.4 Å². The number of rotatable bonds is 3. The first-order valence-corrected chi connectivity index (χ1v) is 4.78. The van der Waals surface area contributed by atoms with Crippen LogP contribution in [0.5, 0.6) is 0 Å². The molecule has 0 aromatic carbocycles. The maximum absolute atomic E-state index is 5.84. The summed E-state index contributed by atoms with van der Waals surface area (Å²) in [6.07, 6.45) is 2.09. The molecule has 0 radical (unpaired) electrons. The van der Waals surface area contributed by atoms with E-state index >= 15 is 0 Å². The van der Waals surface area contributed by atoms with Gasteiger partial charge in [0.1, 0.15) is 0 Å². The van der Waals surface area contributed by atoms with Crippen molar-refractivity contribution in [2.45, 2.75) is 30.8 Å². The summed E-state index contributed by atoms with van der Waals surface area (Å²) in [5.41, 5.74) is 0. The molecule has 1 aromatic heterocycles. The monoisotopic (exact) mass is 201 g/mol. The van der Waals surface area contributed by atoms with E-state index in [1.165, 1.54) is 4.80 Å².